The predicted molar refractivity (Wildman–Crippen MR) is 110 cm³/mol. The number of aliphatic hydroxyl groups is 2. The summed E-state index contributed by atoms with van der Waals surface area (Å²) in [6.07, 6.45) is -7.55. The molecule has 0 bridgehead atoms. The Kier molecular flexibility index (Phi) is 7.71. The Labute approximate surface area is 197 Å². The van der Waals surface area contributed by atoms with Crippen LogP contribution >= 0.6 is 23.5 Å². The zero-order valence-electron chi connectivity index (χ0n) is 17.6. The number of hydrogen-bond donors (Lipinski definition) is 8. The SMILES string of the molecule is C[C@@H](OP(=O)(O)OP(=O)(O)OP(=O)(O)O)[C@H]1O[C@@H](n2cc(F)c3c(=O)[nH]c(N)nc32)C(O)(CF)[C@H]1O. The molecule has 0 radical (unpaired) electrons. The van der Waals surface area contributed by atoms with Gasteiger partial charge < -0.3 is 40.3 Å². The standard InChI is InChI=1S/C13H19F2N4O14P3/c1-4(31-35(26,27)33-36(28,29)32-34(23,24)25)7-8(20)13(22,3-14)11(30-7)19-2-5(15)6-9(19)17-12(16)18-10(6)21/h2,4,7-8,11,20,22H,3H2,1H3,(H,26,27)(H,28,29)(H2,23,24,25)(H3,16,17,18,21)/t4-,7-,8+,11-,13?/m1/s1. The molecule has 0 amide bonds. The monoisotopic (exact) mass is 586 g/mol. The molecule has 2 aromatic heterocycles. The maximum absolute atomic E-state index is 14.4. The van der Waals surface area contributed by atoms with Crippen LogP contribution in [0.4, 0.5) is 14.7 Å². The molecular formula is C13H19F2N4O14P3. The summed E-state index contributed by atoms with van der Waals surface area (Å²) in [5.74, 6) is -1.69. The van der Waals surface area contributed by atoms with Crippen molar-refractivity contribution in [3.05, 3.63) is 22.4 Å². The summed E-state index contributed by atoms with van der Waals surface area (Å²) in [7, 11) is -17.3. The van der Waals surface area contributed by atoms with Crippen molar-refractivity contribution in [2.75, 3.05) is 12.4 Å². The van der Waals surface area contributed by atoms with Gasteiger partial charge in [0, 0.05) is 6.20 Å². The maximum atomic E-state index is 14.4. The van der Waals surface area contributed by atoms with Gasteiger partial charge in [0.2, 0.25) is 5.95 Å². The van der Waals surface area contributed by atoms with Crippen LogP contribution in [0.1, 0.15) is 13.2 Å². The lowest BCUT2D eigenvalue weighted by molar-refractivity contribution is -0.119. The van der Waals surface area contributed by atoms with Gasteiger partial charge in [0.25, 0.3) is 5.56 Å². The van der Waals surface area contributed by atoms with Crippen LogP contribution in [0.2, 0.25) is 0 Å². The van der Waals surface area contributed by atoms with Crippen molar-refractivity contribution in [3.63, 3.8) is 0 Å². The van der Waals surface area contributed by atoms with E-state index in [4.69, 9.17) is 20.3 Å². The van der Waals surface area contributed by atoms with E-state index in [-0.39, 0.29) is 0 Å². The van der Waals surface area contributed by atoms with E-state index >= 15 is 0 Å². The molecular weight excluding hydrogens is 567 g/mol. The number of hydrogen-bond acceptors (Lipinski definition) is 12. The number of nitrogens with two attached hydrogens (primary N) is 1. The molecule has 0 saturated carbocycles. The number of phosphoric acid groups is 3. The number of anilines is 1. The molecule has 3 heterocycles. The summed E-state index contributed by atoms with van der Waals surface area (Å²) < 4.78 is 80.3. The second kappa shape index (κ2) is 9.59. The maximum Gasteiger partial charge on any atom is 0.490 e. The van der Waals surface area contributed by atoms with E-state index in [2.05, 4.69) is 18.1 Å². The van der Waals surface area contributed by atoms with Gasteiger partial charge >= 0.3 is 23.5 Å². The third kappa shape index (κ3) is 5.76. The van der Waals surface area contributed by atoms with Gasteiger partial charge in [0.05, 0.1) is 6.10 Å². The highest BCUT2D eigenvalue weighted by molar-refractivity contribution is 7.66. The third-order valence-corrected chi connectivity index (χ3v) is 8.76. The van der Waals surface area contributed by atoms with Crippen molar-refractivity contribution < 1.29 is 70.1 Å². The van der Waals surface area contributed by atoms with Gasteiger partial charge in [0.1, 0.15) is 24.3 Å². The first-order valence-corrected chi connectivity index (χ1v) is 13.8. The lowest BCUT2D eigenvalue weighted by atomic mass is 9.93. The molecule has 2 aromatic rings. The molecule has 23 heteroatoms. The highest BCUT2D eigenvalue weighted by Gasteiger charge is 2.59. The van der Waals surface area contributed by atoms with Crippen LogP contribution in [-0.4, -0.2) is 74.9 Å². The first kappa shape index (κ1) is 28.9. The number of ether oxygens (including phenoxy) is 1. The molecule has 1 aliphatic rings. The van der Waals surface area contributed by atoms with E-state index in [0.717, 1.165) is 6.92 Å². The molecule has 7 atom stereocenters. The highest BCUT2D eigenvalue weighted by atomic mass is 31.3. The Balaban J connectivity index is 1.92. The number of aromatic amines is 1. The first-order valence-electron chi connectivity index (χ1n) is 9.30. The van der Waals surface area contributed by atoms with Crippen molar-refractivity contribution >= 4 is 40.4 Å². The number of rotatable bonds is 9. The van der Waals surface area contributed by atoms with Crippen LogP contribution in [0, 0.1) is 5.82 Å². The Morgan fingerprint density at radius 3 is 2.44 bits per heavy atom. The summed E-state index contributed by atoms with van der Waals surface area (Å²) in [6, 6.07) is 0. The van der Waals surface area contributed by atoms with Gasteiger partial charge in [-0.25, -0.2) is 22.5 Å². The van der Waals surface area contributed by atoms with Gasteiger partial charge in [-0.1, -0.05) is 0 Å². The summed E-state index contributed by atoms with van der Waals surface area (Å²) in [5.41, 5.74) is 0.983. The second-order valence-electron chi connectivity index (χ2n) is 7.46. The van der Waals surface area contributed by atoms with Crippen LogP contribution in [0.25, 0.3) is 11.0 Å². The van der Waals surface area contributed by atoms with Gasteiger partial charge in [-0.2, -0.15) is 13.6 Å². The molecule has 18 nitrogen and oxygen atoms in total. The molecule has 0 aliphatic carbocycles. The Morgan fingerprint density at radius 1 is 1.28 bits per heavy atom. The average molecular weight is 586 g/mol. The van der Waals surface area contributed by atoms with Crippen molar-refractivity contribution in [2.45, 2.75) is 37.1 Å². The zero-order valence-corrected chi connectivity index (χ0v) is 20.3. The normalized spacial score (nSPS) is 29.2. The quantitative estimate of drug-likeness (QED) is 0.166. The van der Waals surface area contributed by atoms with Crippen LogP contribution in [-0.2, 0) is 31.6 Å². The van der Waals surface area contributed by atoms with E-state index < -0.39 is 88.6 Å². The summed E-state index contributed by atoms with van der Waals surface area (Å²) in [5, 5.41) is 20.6. The van der Waals surface area contributed by atoms with Crippen LogP contribution in [0.3, 0.4) is 0 Å². The molecule has 204 valence electrons. The number of aromatic nitrogens is 3. The smallest absolute Gasteiger partial charge is 0.387 e. The number of phosphoric ester groups is 1. The molecule has 1 aliphatic heterocycles. The van der Waals surface area contributed by atoms with Gasteiger partial charge in [-0.3, -0.25) is 18.9 Å². The first-order chi connectivity index (χ1) is 16.3. The topological polar surface area (TPSA) is 286 Å². The molecule has 1 saturated heterocycles. The average Bonchev–Trinajstić information content (AvgIpc) is 3.13. The zero-order chi connectivity index (χ0) is 27.4. The number of nitrogen functional groups attached to an aromatic ring is 1. The second-order valence-corrected chi connectivity index (χ2v) is 11.8. The minimum absolute atomic E-state index is 0.494. The number of aliphatic hydroxyl groups excluding tert-OH is 1. The molecule has 36 heavy (non-hydrogen) atoms. The minimum Gasteiger partial charge on any atom is -0.387 e. The highest BCUT2D eigenvalue weighted by Crippen LogP contribution is 2.66. The van der Waals surface area contributed by atoms with Gasteiger partial charge in [0.15, 0.2) is 23.3 Å². The van der Waals surface area contributed by atoms with E-state index in [0.29, 0.717) is 10.8 Å². The molecule has 0 aromatic carbocycles. The fourth-order valence-electron chi connectivity index (χ4n) is 3.47. The summed E-state index contributed by atoms with van der Waals surface area (Å²) >= 11 is 0. The van der Waals surface area contributed by atoms with Gasteiger partial charge in [-0.05, 0) is 6.92 Å². The van der Waals surface area contributed by atoms with E-state index in [1.165, 1.54) is 0 Å². The predicted octanol–water partition coefficient (Wildman–Crippen LogP) is -0.863. The number of halogens is 2. The van der Waals surface area contributed by atoms with E-state index in [1.54, 1.807) is 0 Å². The lowest BCUT2D eigenvalue weighted by Crippen LogP contribution is -2.50. The van der Waals surface area contributed by atoms with Crippen molar-refractivity contribution in [1.29, 1.82) is 0 Å². The third-order valence-electron chi connectivity index (χ3n) is 4.84. The van der Waals surface area contributed by atoms with Crippen LogP contribution < -0.4 is 11.3 Å². The molecule has 0 spiro atoms. The van der Waals surface area contributed by atoms with E-state index in [1.807, 2.05) is 4.98 Å². The number of alkyl halides is 1. The minimum atomic E-state index is -5.88. The lowest BCUT2D eigenvalue weighted by Gasteiger charge is -2.29. The van der Waals surface area contributed by atoms with Gasteiger partial charge in [-0.15, -0.1) is 0 Å². The van der Waals surface area contributed by atoms with Crippen molar-refractivity contribution in [3.8, 4) is 0 Å². The number of nitrogens with zero attached hydrogens (tertiary/aromatic N) is 2. The largest absolute Gasteiger partial charge is 0.490 e. The number of nitrogens with one attached hydrogen (secondary N) is 1. The summed E-state index contributed by atoms with van der Waals surface area (Å²) in [4.78, 5) is 53.8. The van der Waals surface area contributed by atoms with Crippen LogP contribution in [0.15, 0.2) is 11.0 Å². The Morgan fingerprint density at radius 2 is 1.89 bits per heavy atom. The van der Waals surface area contributed by atoms with Crippen molar-refractivity contribution in [2.24, 2.45) is 0 Å². The molecule has 3 rings (SSSR count). The van der Waals surface area contributed by atoms with Crippen LogP contribution in [0.5, 0.6) is 0 Å². The Bertz CT molecular complexity index is 1360. The van der Waals surface area contributed by atoms with Crippen molar-refractivity contribution in [1.82, 2.24) is 14.5 Å². The number of fused-ring (bicyclic) bond motifs is 1. The Hall–Kier alpha value is -1.63. The molecule has 1 fully saturated rings. The number of H-pyrrole nitrogens is 1. The van der Waals surface area contributed by atoms with E-state index in [9.17, 15) is 47.3 Å². The fourth-order valence-corrected chi connectivity index (χ4v) is 6.67. The molecule has 3 unspecified atom stereocenters. The fraction of sp³-hybridized carbons (Fsp3) is 0.538. The summed E-state index contributed by atoms with van der Waals surface area (Å²) in [6.45, 7) is -0.861. The molecule has 9 N–H and O–H groups in total.